The third kappa shape index (κ3) is 6.36. The molecule has 2 aliphatic rings. The van der Waals surface area contributed by atoms with Crippen LogP contribution in [0.1, 0.15) is 33.6 Å². The molecule has 104 valence electrons. The summed E-state index contributed by atoms with van der Waals surface area (Å²) in [4.78, 5) is 5.01. The van der Waals surface area contributed by atoms with Crippen LogP contribution in [0, 0.1) is 5.92 Å². The lowest BCUT2D eigenvalue weighted by atomic mass is 9.93. The Morgan fingerprint density at radius 3 is 2.12 bits per heavy atom. The Hall–Kier alpha value is -0.160. The normalized spacial score (nSPS) is 30.0. The van der Waals surface area contributed by atoms with E-state index in [1.807, 2.05) is 0 Å². The zero-order valence-corrected chi connectivity index (χ0v) is 12.0. The van der Waals surface area contributed by atoms with Crippen molar-refractivity contribution in [1.82, 2.24) is 9.80 Å². The fraction of sp³-hybridized carbons (Fsp3) is 1.00. The fourth-order valence-electron chi connectivity index (χ4n) is 2.62. The van der Waals surface area contributed by atoms with E-state index in [-0.39, 0.29) is 5.48 Å². The lowest BCUT2D eigenvalue weighted by molar-refractivity contribution is 0.102. The molecule has 4 heteroatoms. The lowest BCUT2D eigenvalue weighted by Crippen LogP contribution is -2.42. The van der Waals surface area contributed by atoms with Gasteiger partial charge in [-0.2, -0.15) is 0 Å². The molecule has 2 heterocycles. The number of likely N-dealkylation sites (tertiary alicyclic amines) is 2. The van der Waals surface area contributed by atoms with Crippen LogP contribution in [-0.2, 0) is 0 Å². The van der Waals surface area contributed by atoms with Gasteiger partial charge in [0, 0.05) is 19.1 Å². The Bertz CT molecular complexity index is 210. The standard InChI is InChI=1S/C9H18N2.C4H10O.H2O/c1-10-6-8-4-3-5-11(2)9(8)7-10;1-4(2,3)5;/h8-9H,3-7H2,1-2H3;5H,1-3H3;1H2/t8-,9+;;/m0../s1. The van der Waals surface area contributed by atoms with Crippen LogP contribution in [0.25, 0.3) is 0 Å². The molecule has 0 unspecified atom stereocenters. The van der Waals surface area contributed by atoms with Crippen LogP contribution in [0.5, 0.6) is 0 Å². The highest BCUT2D eigenvalue weighted by atomic mass is 16.3. The highest BCUT2D eigenvalue weighted by molar-refractivity contribution is 4.91. The van der Waals surface area contributed by atoms with E-state index >= 15 is 0 Å². The predicted molar refractivity (Wildman–Crippen MR) is 72.2 cm³/mol. The van der Waals surface area contributed by atoms with E-state index in [0.717, 1.165) is 12.0 Å². The van der Waals surface area contributed by atoms with Crippen molar-refractivity contribution in [2.45, 2.75) is 45.3 Å². The van der Waals surface area contributed by atoms with Crippen LogP contribution in [0.4, 0.5) is 0 Å². The highest BCUT2D eigenvalue weighted by Gasteiger charge is 2.35. The molecule has 0 saturated carbocycles. The van der Waals surface area contributed by atoms with Crippen molar-refractivity contribution in [1.29, 1.82) is 0 Å². The summed E-state index contributed by atoms with van der Waals surface area (Å²) in [5, 5.41) is 8.52. The molecule has 0 aliphatic carbocycles. The molecule has 2 aliphatic heterocycles. The molecule has 17 heavy (non-hydrogen) atoms. The Morgan fingerprint density at radius 1 is 1.12 bits per heavy atom. The molecule has 2 atom stereocenters. The van der Waals surface area contributed by atoms with Gasteiger partial charge >= 0.3 is 0 Å². The van der Waals surface area contributed by atoms with Gasteiger partial charge in [-0.3, -0.25) is 0 Å². The summed E-state index contributed by atoms with van der Waals surface area (Å²) in [6.07, 6.45) is 2.87. The summed E-state index contributed by atoms with van der Waals surface area (Å²) in [7, 11) is 4.52. The molecular formula is C13H30N2O2. The minimum absolute atomic E-state index is 0. The molecule has 0 aromatic rings. The van der Waals surface area contributed by atoms with Gasteiger partial charge in [0.15, 0.2) is 0 Å². The Morgan fingerprint density at radius 2 is 1.65 bits per heavy atom. The van der Waals surface area contributed by atoms with E-state index < -0.39 is 5.60 Å². The van der Waals surface area contributed by atoms with Gasteiger partial charge < -0.3 is 20.4 Å². The molecule has 0 radical (unpaired) electrons. The molecule has 2 saturated heterocycles. The van der Waals surface area contributed by atoms with Gasteiger partial charge in [0.05, 0.1) is 5.60 Å². The summed E-state index contributed by atoms with van der Waals surface area (Å²) in [5.41, 5.74) is -0.500. The molecule has 4 nitrogen and oxygen atoms in total. The first-order valence-corrected chi connectivity index (χ1v) is 6.38. The second-order valence-electron chi connectivity index (χ2n) is 6.34. The third-order valence-electron chi connectivity index (χ3n) is 3.24. The Balaban J connectivity index is 0.000000373. The van der Waals surface area contributed by atoms with Crippen molar-refractivity contribution in [3.8, 4) is 0 Å². The van der Waals surface area contributed by atoms with E-state index in [9.17, 15) is 0 Å². The minimum Gasteiger partial charge on any atom is -0.412 e. The summed E-state index contributed by atoms with van der Waals surface area (Å²) in [6, 6.07) is 0.869. The quantitative estimate of drug-likeness (QED) is 0.681. The molecule has 0 bridgehead atoms. The maximum absolute atomic E-state index is 8.52. The monoisotopic (exact) mass is 246 g/mol. The van der Waals surface area contributed by atoms with E-state index in [1.54, 1.807) is 20.8 Å². The van der Waals surface area contributed by atoms with Gasteiger partial charge in [0.25, 0.3) is 0 Å². The molecule has 0 aromatic heterocycles. The fourth-order valence-corrected chi connectivity index (χ4v) is 2.62. The molecule has 0 amide bonds. The van der Waals surface area contributed by atoms with Gasteiger partial charge in [0.2, 0.25) is 0 Å². The number of hydrogen-bond acceptors (Lipinski definition) is 3. The van der Waals surface area contributed by atoms with Crippen LogP contribution in [-0.4, -0.2) is 65.8 Å². The smallest absolute Gasteiger partial charge is 0.0563 e. The summed E-state index contributed by atoms with van der Waals surface area (Å²) in [5.74, 6) is 0.971. The molecule has 2 rings (SSSR count). The first kappa shape index (κ1) is 16.8. The zero-order valence-electron chi connectivity index (χ0n) is 12.0. The van der Waals surface area contributed by atoms with Crippen LogP contribution < -0.4 is 0 Å². The number of rotatable bonds is 0. The van der Waals surface area contributed by atoms with Gasteiger partial charge in [-0.25, -0.2) is 0 Å². The SMILES string of the molecule is CC(C)(C)O.CN1C[C@@H]2CCCN(C)[C@@H]2C1.O. The molecule has 0 aromatic carbocycles. The molecular weight excluding hydrogens is 216 g/mol. The molecule has 3 N–H and O–H groups in total. The number of fused-ring (bicyclic) bond motifs is 1. The maximum Gasteiger partial charge on any atom is 0.0563 e. The van der Waals surface area contributed by atoms with Gasteiger partial charge in [-0.1, -0.05) is 0 Å². The van der Waals surface area contributed by atoms with Crippen LogP contribution in [0.15, 0.2) is 0 Å². The predicted octanol–water partition coefficient (Wildman–Crippen LogP) is 0.595. The van der Waals surface area contributed by atoms with Crippen molar-refractivity contribution in [3.05, 3.63) is 0 Å². The highest BCUT2D eigenvalue weighted by Crippen LogP contribution is 2.28. The van der Waals surface area contributed by atoms with Gasteiger partial charge in [-0.15, -0.1) is 0 Å². The second kappa shape index (κ2) is 6.69. The average Bonchev–Trinajstić information content (AvgIpc) is 2.44. The van der Waals surface area contributed by atoms with Crippen LogP contribution >= 0.6 is 0 Å². The first-order valence-electron chi connectivity index (χ1n) is 6.38. The number of hydrogen-bond donors (Lipinski definition) is 1. The van der Waals surface area contributed by atoms with Crippen molar-refractivity contribution in [3.63, 3.8) is 0 Å². The van der Waals surface area contributed by atoms with E-state index in [4.69, 9.17) is 5.11 Å². The van der Waals surface area contributed by atoms with Crippen molar-refractivity contribution < 1.29 is 10.6 Å². The minimum atomic E-state index is -0.500. The number of piperidine rings is 1. The van der Waals surface area contributed by atoms with Crippen LogP contribution in [0.2, 0.25) is 0 Å². The molecule has 2 fully saturated rings. The zero-order chi connectivity index (χ0) is 12.3. The molecule has 0 spiro atoms. The third-order valence-corrected chi connectivity index (χ3v) is 3.24. The summed E-state index contributed by atoms with van der Waals surface area (Å²) < 4.78 is 0. The summed E-state index contributed by atoms with van der Waals surface area (Å²) in [6.45, 7) is 9.16. The van der Waals surface area contributed by atoms with E-state index in [0.29, 0.717) is 0 Å². The van der Waals surface area contributed by atoms with E-state index in [2.05, 4.69) is 23.9 Å². The Kier molecular flexibility index (Phi) is 6.62. The largest absolute Gasteiger partial charge is 0.412 e. The average molecular weight is 246 g/mol. The Labute approximate surface area is 106 Å². The lowest BCUT2D eigenvalue weighted by Gasteiger charge is -2.33. The van der Waals surface area contributed by atoms with Gasteiger partial charge in [-0.05, 0) is 60.2 Å². The number of aliphatic hydroxyl groups is 1. The van der Waals surface area contributed by atoms with Crippen LogP contribution in [0.3, 0.4) is 0 Å². The van der Waals surface area contributed by atoms with E-state index in [1.165, 1.54) is 32.5 Å². The topological polar surface area (TPSA) is 58.2 Å². The van der Waals surface area contributed by atoms with Crippen molar-refractivity contribution in [2.75, 3.05) is 33.7 Å². The summed E-state index contributed by atoms with van der Waals surface area (Å²) >= 11 is 0. The number of likely N-dealkylation sites (N-methyl/N-ethyl adjacent to an activating group) is 2. The second-order valence-corrected chi connectivity index (χ2v) is 6.34. The van der Waals surface area contributed by atoms with Gasteiger partial charge in [0.1, 0.15) is 0 Å². The number of nitrogens with zero attached hydrogens (tertiary/aromatic N) is 2. The van der Waals surface area contributed by atoms with Crippen molar-refractivity contribution >= 4 is 0 Å². The first-order chi connectivity index (χ1) is 7.27. The maximum atomic E-state index is 8.52. The van der Waals surface area contributed by atoms with Crippen molar-refractivity contribution in [2.24, 2.45) is 5.92 Å².